The van der Waals surface area contributed by atoms with Crippen molar-refractivity contribution in [2.45, 2.75) is 53.9 Å². The number of aromatic nitrogens is 8. The second-order valence-corrected chi connectivity index (χ2v) is 14.4. The van der Waals surface area contributed by atoms with E-state index in [2.05, 4.69) is 65.2 Å². The summed E-state index contributed by atoms with van der Waals surface area (Å²) < 4.78 is 7.77. The first-order chi connectivity index (χ1) is 26.7. The molecule has 0 unspecified atom stereocenters. The Balaban J connectivity index is 0.000000217. The van der Waals surface area contributed by atoms with Crippen molar-refractivity contribution in [1.82, 2.24) is 38.7 Å². The number of aromatic hydroxyl groups is 2. The van der Waals surface area contributed by atoms with Crippen LogP contribution in [0.1, 0.15) is 49.1 Å². The molecule has 0 aliphatic rings. The molecule has 58 heavy (non-hydrogen) atoms. The molecule has 0 fully saturated rings. The summed E-state index contributed by atoms with van der Waals surface area (Å²) in [7, 11) is 3.96. The van der Waals surface area contributed by atoms with E-state index < -0.39 is 0 Å². The molecule has 0 amide bonds. The molecule has 4 aromatic carbocycles. The van der Waals surface area contributed by atoms with Crippen LogP contribution in [0.5, 0.6) is 11.5 Å². The number of aryl methyl sites for hydroxylation is 6. The zero-order valence-corrected chi connectivity index (χ0v) is 38.8. The van der Waals surface area contributed by atoms with E-state index in [1.807, 2.05) is 127 Å². The molecule has 0 saturated heterocycles. The summed E-state index contributed by atoms with van der Waals surface area (Å²) in [6, 6.07) is 39.0. The van der Waals surface area contributed by atoms with Crippen LogP contribution in [0.3, 0.4) is 0 Å². The largest absolute Gasteiger partial charge is 0.508 e. The van der Waals surface area contributed by atoms with E-state index in [-0.39, 0.29) is 47.5 Å². The molecular weight excluding hydrogens is 1090 g/mol. The second-order valence-electron chi connectivity index (χ2n) is 14.4. The first kappa shape index (κ1) is 47.1. The molecule has 0 saturated carbocycles. The fourth-order valence-electron chi connectivity index (χ4n) is 5.81. The summed E-state index contributed by atoms with van der Waals surface area (Å²) in [6.45, 7) is 14.5. The standard InChI is InChI=1S/2C15H15N4.C10H14O.C6H6O.2Pt/c2*1-11-9-12(2)19(17-11)14-6-4-5-13(10-14)15-16-7-8-18(15)3;1-10(2,3)8-4-6-9(11)7-5-8;7-6-4-2-1-3-5-6;;/h2*4-9H,1-3H3;4-7,11H,1-3H3;1-5,7H;;/q2*-1;;;;. The Bertz CT molecular complexity index is 2330. The Morgan fingerprint density at radius 1 is 0.534 bits per heavy atom. The number of nitrogens with zero attached hydrogens (tertiary/aromatic N) is 8. The van der Waals surface area contributed by atoms with Crippen LogP contribution in [0.15, 0.2) is 128 Å². The van der Waals surface area contributed by atoms with E-state index in [1.165, 1.54) is 5.56 Å². The summed E-state index contributed by atoms with van der Waals surface area (Å²) in [5.74, 6) is 2.47. The first-order valence-corrected chi connectivity index (χ1v) is 18.3. The maximum Gasteiger partial charge on any atom is 0.115 e. The zero-order valence-electron chi connectivity index (χ0n) is 34.2. The van der Waals surface area contributed by atoms with Gasteiger partial charge in [0.1, 0.15) is 11.5 Å². The van der Waals surface area contributed by atoms with Crippen molar-refractivity contribution >= 4 is 0 Å². The third-order valence-electron chi connectivity index (χ3n) is 8.65. The molecule has 4 heterocycles. The Morgan fingerprint density at radius 2 is 0.948 bits per heavy atom. The summed E-state index contributed by atoms with van der Waals surface area (Å²) >= 11 is 0. The van der Waals surface area contributed by atoms with Gasteiger partial charge in [0.15, 0.2) is 0 Å². The van der Waals surface area contributed by atoms with Gasteiger partial charge in [-0.1, -0.05) is 51.1 Å². The predicted molar refractivity (Wildman–Crippen MR) is 223 cm³/mol. The average Bonchev–Trinajstić information content (AvgIpc) is 3.96. The van der Waals surface area contributed by atoms with Gasteiger partial charge in [0.05, 0.1) is 23.0 Å². The molecule has 0 bridgehead atoms. The Hall–Kier alpha value is -5.30. The van der Waals surface area contributed by atoms with Crippen LogP contribution >= 0.6 is 0 Å². The van der Waals surface area contributed by atoms with E-state index >= 15 is 0 Å². The molecule has 8 rings (SSSR count). The molecule has 0 spiro atoms. The number of benzene rings is 4. The molecule has 0 radical (unpaired) electrons. The Kier molecular flexibility index (Phi) is 17.4. The van der Waals surface area contributed by atoms with E-state index in [0.717, 1.165) is 56.9 Å². The van der Waals surface area contributed by atoms with Gasteiger partial charge in [0.2, 0.25) is 0 Å². The third kappa shape index (κ3) is 12.9. The van der Waals surface area contributed by atoms with Crippen molar-refractivity contribution in [2.24, 2.45) is 14.1 Å². The Labute approximate surface area is 370 Å². The van der Waals surface area contributed by atoms with Crippen molar-refractivity contribution in [3.8, 4) is 45.6 Å². The van der Waals surface area contributed by atoms with E-state index in [1.54, 1.807) is 48.8 Å². The average molecular weight is 1140 g/mol. The van der Waals surface area contributed by atoms with Gasteiger partial charge in [-0.2, -0.15) is 10.2 Å². The van der Waals surface area contributed by atoms with Gasteiger partial charge in [-0.05, 0) is 86.4 Å². The fraction of sp³-hybridized carbons (Fsp3) is 0.217. The van der Waals surface area contributed by atoms with Gasteiger partial charge in [0.25, 0.3) is 0 Å². The molecule has 0 aliphatic carbocycles. The fourth-order valence-corrected chi connectivity index (χ4v) is 5.81. The van der Waals surface area contributed by atoms with Crippen molar-refractivity contribution in [1.29, 1.82) is 0 Å². The van der Waals surface area contributed by atoms with Gasteiger partial charge >= 0.3 is 0 Å². The van der Waals surface area contributed by atoms with Gasteiger partial charge in [-0.3, -0.25) is 19.3 Å². The minimum absolute atomic E-state index is 0. The summed E-state index contributed by atoms with van der Waals surface area (Å²) in [6.07, 6.45) is 7.44. The maximum absolute atomic E-state index is 9.02. The van der Waals surface area contributed by atoms with Crippen LogP contribution in [0.4, 0.5) is 0 Å². The number of phenolic OH excluding ortho intramolecular Hbond substituents is 2. The first-order valence-electron chi connectivity index (χ1n) is 18.3. The topological polar surface area (TPSA) is 112 Å². The van der Waals surface area contributed by atoms with Gasteiger partial charge in [0, 0.05) is 92.4 Å². The summed E-state index contributed by atoms with van der Waals surface area (Å²) in [4.78, 5) is 8.70. The molecular formula is C46H50N8O2Pt2-2. The van der Waals surface area contributed by atoms with Crippen LogP contribution < -0.4 is 0 Å². The molecule has 8 aromatic rings. The maximum atomic E-state index is 9.02. The molecule has 0 aliphatic heterocycles. The summed E-state index contributed by atoms with van der Waals surface area (Å²) in [5, 5.41) is 26.6. The van der Waals surface area contributed by atoms with Crippen LogP contribution in [-0.2, 0) is 61.6 Å². The van der Waals surface area contributed by atoms with Crippen molar-refractivity contribution in [3.63, 3.8) is 0 Å². The minimum Gasteiger partial charge on any atom is -0.508 e. The number of rotatable bonds is 4. The number of imidazole rings is 2. The smallest absolute Gasteiger partial charge is 0.115 e. The predicted octanol–water partition coefficient (Wildman–Crippen LogP) is 9.46. The van der Waals surface area contributed by atoms with Crippen LogP contribution in [0.2, 0.25) is 0 Å². The third-order valence-corrected chi connectivity index (χ3v) is 8.65. The van der Waals surface area contributed by atoms with Gasteiger partial charge in [-0.25, -0.2) is 0 Å². The number of phenols is 2. The minimum atomic E-state index is 0. The zero-order chi connectivity index (χ0) is 40.4. The number of para-hydroxylation sites is 1. The van der Waals surface area contributed by atoms with E-state index in [0.29, 0.717) is 11.5 Å². The van der Waals surface area contributed by atoms with Crippen molar-refractivity contribution < 1.29 is 52.3 Å². The molecule has 2 N–H and O–H groups in total. The molecule has 308 valence electrons. The summed E-state index contributed by atoms with van der Waals surface area (Å²) in [5.41, 5.74) is 9.45. The van der Waals surface area contributed by atoms with E-state index in [9.17, 15) is 0 Å². The van der Waals surface area contributed by atoms with Crippen LogP contribution in [0, 0.1) is 39.8 Å². The number of hydrogen-bond acceptors (Lipinski definition) is 6. The Morgan fingerprint density at radius 3 is 1.26 bits per heavy atom. The monoisotopic (exact) mass is 1140 g/mol. The van der Waals surface area contributed by atoms with Gasteiger partial charge in [-0.15, -0.1) is 59.7 Å². The molecule has 4 aromatic heterocycles. The second kappa shape index (κ2) is 21.5. The van der Waals surface area contributed by atoms with E-state index in [4.69, 9.17) is 10.2 Å². The van der Waals surface area contributed by atoms with Crippen LogP contribution in [-0.4, -0.2) is 48.9 Å². The number of hydrogen-bond donors (Lipinski definition) is 2. The quantitative estimate of drug-likeness (QED) is 0.170. The van der Waals surface area contributed by atoms with Crippen molar-refractivity contribution in [3.05, 3.63) is 168 Å². The molecule has 10 nitrogen and oxygen atoms in total. The normalized spacial score (nSPS) is 10.4. The SMILES string of the molecule is CC(C)(C)c1ccc(O)cc1.Cc1cc(C)n(-c2[c-]c(-c3nccn3C)ccc2)n1.Cc1cc(C)n(-c2[c-]c(-c3nccn3C)ccc2)n1.Oc1ccccc1.[Pt].[Pt]. The van der Waals surface area contributed by atoms with Crippen LogP contribution in [0.25, 0.3) is 34.2 Å². The van der Waals surface area contributed by atoms with Crippen molar-refractivity contribution in [2.75, 3.05) is 0 Å². The van der Waals surface area contributed by atoms with Gasteiger partial charge < -0.3 is 19.3 Å². The molecule has 12 heteroatoms. The molecule has 0 atom stereocenters.